The van der Waals surface area contributed by atoms with E-state index in [0.717, 1.165) is 6.07 Å². The molecule has 0 saturated heterocycles. The number of carbonyl (C=O) groups is 2. The van der Waals surface area contributed by atoms with Crippen LogP contribution in [0.4, 0.5) is 0 Å². The molecule has 2 aromatic carbocycles. The molecule has 5 nitrogen and oxygen atoms in total. The molecule has 4 rings (SSSR count). The van der Waals surface area contributed by atoms with Crippen LogP contribution in [-0.2, 0) is 0 Å². The molecule has 0 radical (unpaired) electrons. The van der Waals surface area contributed by atoms with Crippen LogP contribution in [0, 0.1) is 12.3 Å². The smallest absolute Gasteiger partial charge is 0.335 e. The summed E-state index contributed by atoms with van der Waals surface area (Å²) in [6.07, 6.45) is 5.34. The molecule has 132 valence electrons. The molecule has 0 heterocycles. The lowest BCUT2D eigenvalue weighted by Gasteiger charge is -2.10. The number of para-hydroxylation sites is 1. The molecular formula is C22H14O5. The zero-order valence-electron chi connectivity index (χ0n) is 14.0. The van der Waals surface area contributed by atoms with Crippen molar-refractivity contribution >= 4 is 11.9 Å². The van der Waals surface area contributed by atoms with Crippen molar-refractivity contribution in [2.24, 2.45) is 0 Å². The Morgan fingerprint density at radius 2 is 1.33 bits per heavy atom. The molecule has 2 aliphatic carbocycles. The highest BCUT2D eigenvalue weighted by Crippen LogP contribution is 2.29. The summed E-state index contributed by atoms with van der Waals surface area (Å²) in [6, 6.07) is 18.7. The van der Waals surface area contributed by atoms with E-state index in [1.54, 1.807) is 24.3 Å². The third kappa shape index (κ3) is 3.97. The summed E-state index contributed by atoms with van der Waals surface area (Å²) in [5.41, 5.74) is 2.98. The van der Waals surface area contributed by atoms with Crippen molar-refractivity contribution in [2.45, 2.75) is 0 Å². The highest BCUT2D eigenvalue weighted by atomic mass is 16.5. The van der Waals surface area contributed by atoms with Crippen LogP contribution < -0.4 is 4.74 Å². The van der Waals surface area contributed by atoms with E-state index in [9.17, 15) is 9.59 Å². The van der Waals surface area contributed by atoms with Crippen molar-refractivity contribution in [3.63, 3.8) is 0 Å². The van der Waals surface area contributed by atoms with Crippen LogP contribution in [0.2, 0.25) is 0 Å². The number of carboxylic acid groups (broad SMARTS) is 2. The minimum Gasteiger partial charge on any atom is -0.478 e. The number of carboxylic acids is 2. The molecule has 0 unspecified atom stereocenters. The molecular weight excluding hydrogens is 344 g/mol. The van der Waals surface area contributed by atoms with Gasteiger partial charge in [-0.2, -0.15) is 0 Å². The Labute approximate surface area is 155 Å². The van der Waals surface area contributed by atoms with Gasteiger partial charge in [-0.05, 0) is 41.5 Å². The Bertz CT molecular complexity index is 1010. The predicted molar refractivity (Wildman–Crippen MR) is 100 cm³/mol. The van der Waals surface area contributed by atoms with Gasteiger partial charge in [-0.3, -0.25) is 0 Å². The van der Waals surface area contributed by atoms with Gasteiger partial charge in [0.2, 0.25) is 0 Å². The van der Waals surface area contributed by atoms with E-state index in [4.69, 9.17) is 21.4 Å². The van der Waals surface area contributed by atoms with Crippen LogP contribution in [0.3, 0.4) is 0 Å². The maximum Gasteiger partial charge on any atom is 0.335 e. The number of ether oxygens (including phenoxy) is 1. The molecule has 2 aromatic rings. The lowest BCUT2D eigenvalue weighted by atomic mass is 9.95. The maximum absolute atomic E-state index is 11.0. The van der Waals surface area contributed by atoms with E-state index in [1.807, 2.05) is 0 Å². The second kappa shape index (κ2) is 7.46. The summed E-state index contributed by atoms with van der Waals surface area (Å²) in [5.74, 6) is 0.387. The Morgan fingerprint density at radius 3 is 1.74 bits per heavy atom. The van der Waals surface area contributed by atoms with E-state index >= 15 is 0 Å². The SMILES string of the molecule is C#Cc1ccccc1Oc1cc(C(=O)O)cc(C(=O)O)c1.c1cc2ccc1-2. The Morgan fingerprint density at radius 1 is 0.815 bits per heavy atom. The van der Waals surface area contributed by atoms with Crippen LogP contribution in [0.15, 0.2) is 66.7 Å². The zero-order chi connectivity index (χ0) is 19.4. The topological polar surface area (TPSA) is 83.8 Å². The van der Waals surface area contributed by atoms with E-state index in [0.29, 0.717) is 11.3 Å². The van der Waals surface area contributed by atoms with Gasteiger partial charge in [0.05, 0.1) is 16.7 Å². The number of aromatic carboxylic acids is 2. The summed E-state index contributed by atoms with van der Waals surface area (Å²) < 4.78 is 5.51. The van der Waals surface area contributed by atoms with Crippen LogP contribution in [0.5, 0.6) is 11.5 Å². The van der Waals surface area contributed by atoms with Crippen molar-refractivity contribution in [3.05, 3.63) is 83.4 Å². The lowest BCUT2D eigenvalue weighted by Crippen LogP contribution is -2.03. The second-order valence-electron chi connectivity index (χ2n) is 5.68. The second-order valence-corrected chi connectivity index (χ2v) is 5.68. The van der Waals surface area contributed by atoms with Crippen LogP contribution >= 0.6 is 0 Å². The van der Waals surface area contributed by atoms with Gasteiger partial charge in [0.25, 0.3) is 0 Å². The molecule has 0 aromatic heterocycles. The molecule has 0 atom stereocenters. The van der Waals surface area contributed by atoms with Gasteiger partial charge in [-0.1, -0.05) is 42.3 Å². The summed E-state index contributed by atoms with van der Waals surface area (Å²) in [7, 11) is 0. The fraction of sp³-hybridized carbons (Fsp3) is 0. The predicted octanol–water partition coefficient (Wildman–Crippen LogP) is 4.52. The normalized spacial score (nSPS) is 10.0. The zero-order valence-corrected chi connectivity index (χ0v) is 14.0. The number of benzene rings is 3. The standard InChI is InChI=1S/C16H10O5.C6H4/c1-2-10-5-3-4-6-14(10)21-13-8-11(15(17)18)7-12(9-13)16(19)20;1-2-6-4-3-5(1)6/h1,3-9H,(H,17,18)(H,19,20);1-4H. The average molecular weight is 358 g/mol. The number of hydrogen-bond donors (Lipinski definition) is 2. The van der Waals surface area contributed by atoms with Crippen LogP contribution in [0.25, 0.3) is 11.1 Å². The molecule has 0 bridgehead atoms. The van der Waals surface area contributed by atoms with Crippen LogP contribution in [0.1, 0.15) is 26.3 Å². The van der Waals surface area contributed by atoms with Crippen molar-refractivity contribution in [2.75, 3.05) is 0 Å². The number of fused-ring (bicyclic) bond motifs is 1. The molecule has 27 heavy (non-hydrogen) atoms. The first-order chi connectivity index (χ1) is 13.0. The molecule has 0 aliphatic heterocycles. The third-order valence-corrected chi connectivity index (χ3v) is 3.89. The molecule has 2 N–H and O–H groups in total. The third-order valence-electron chi connectivity index (χ3n) is 3.89. The average Bonchev–Trinajstić information content (AvgIpc) is 2.65. The summed E-state index contributed by atoms with van der Waals surface area (Å²) >= 11 is 0. The van der Waals surface area contributed by atoms with E-state index in [1.165, 1.54) is 23.3 Å². The van der Waals surface area contributed by atoms with Gasteiger partial charge in [0, 0.05) is 0 Å². The van der Waals surface area contributed by atoms with E-state index < -0.39 is 11.9 Å². The molecule has 0 amide bonds. The first-order valence-corrected chi connectivity index (χ1v) is 7.93. The van der Waals surface area contributed by atoms with Gasteiger partial charge >= 0.3 is 11.9 Å². The highest BCUT2D eigenvalue weighted by Gasteiger charge is 2.13. The Balaban J connectivity index is 0.000000290. The quantitative estimate of drug-likeness (QED) is 0.524. The first-order valence-electron chi connectivity index (χ1n) is 7.93. The fourth-order valence-electron chi connectivity index (χ4n) is 2.37. The monoisotopic (exact) mass is 358 g/mol. The van der Waals surface area contributed by atoms with E-state index in [2.05, 4.69) is 30.2 Å². The van der Waals surface area contributed by atoms with Crippen molar-refractivity contribution in [1.29, 1.82) is 0 Å². The number of hydrogen-bond acceptors (Lipinski definition) is 3. The molecule has 0 saturated carbocycles. The minimum absolute atomic E-state index is 0.0926. The largest absolute Gasteiger partial charge is 0.478 e. The minimum atomic E-state index is -1.24. The lowest BCUT2D eigenvalue weighted by molar-refractivity contribution is 0.0696. The first kappa shape index (κ1) is 17.8. The van der Waals surface area contributed by atoms with Gasteiger partial charge in [-0.15, -0.1) is 6.42 Å². The fourth-order valence-corrected chi connectivity index (χ4v) is 2.37. The van der Waals surface area contributed by atoms with Crippen molar-refractivity contribution in [3.8, 4) is 35.0 Å². The number of rotatable bonds is 4. The molecule has 0 fully saturated rings. The summed E-state index contributed by atoms with van der Waals surface area (Å²) in [5, 5.41) is 18.0. The molecule has 2 aliphatic rings. The van der Waals surface area contributed by atoms with Gasteiger partial charge in [-0.25, -0.2) is 9.59 Å². The van der Waals surface area contributed by atoms with Crippen LogP contribution in [-0.4, -0.2) is 22.2 Å². The van der Waals surface area contributed by atoms with Gasteiger partial charge in [0.15, 0.2) is 0 Å². The Hall–Kier alpha value is -4.04. The van der Waals surface area contributed by atoms with Gasteiger partial charge < -0.3 is 14.9 Å². The van der Waals surface area contributed by atoms with Crippen molar-refractivity contribution in [1.82, 2.24) is 0 Å². The van der Waals surface area contributed by atoms with E-state index in [-0.39, 0.29) is 16.9 Å². The Kier molecular flexibility index (Phi) is 4.91. The van der Waals surface area contributed by atoms with Gasteiger partial charge in [0.1, 0.15) is 11.5 Å². The number of terminal acetylenes is 1. The molecule has 5 heteroatoms. The maximum atomic E-state index is 11.0. The summed E-state index contributed by atoms with van der Waals surface area (Å²) in [4.78, 5) is 22.0. The summed E-state index contributed by atoms with van der Waals surface area (Å²) in [6.45, 7) is 0. The molecule has 0 spiro atoms. The highest BCUT2D eigenvalue weighted by molar-refractivity contribution is 5.94. The van der Waals surface area contributed by atoms with Crippen molar-refractivity contribution < 1.29 is 24.5 Å².